The van der Waals surface area contributed by atoms with Crippen molar-refractivity contribution in [3.63, 3.8) is 0 Å². The minimum atomic E-state index is -0.442. The molecule has 0 unspecified atom stereocenters. The van der Waals surface area contributed by atoms with Crippen molar-refractivity contribution in [2.24, 2.45) is 0 Å². The summed E-state index contributed by atoms with van der Waals surface area (Å²) in [6.45, 7) is 1.75. The lowest BCUT2D eigenvalue weighted by atomic mass is 10.2. The fourth-order valence-electron chi connectivity index (χ4n) is 1.55. The van der Waals surface area contributed by atoms with Gasteiger partial charge >= 0.3 is 0 Å². The van der Waals surface area contributed by atoms with Crippen LogP contribution in [0.25, 0.3) is 0 Å². The smallest absolute Gasteiger partial charge is 0.269 e. The Labute approximate surface area is 123 Å². The molecule has 0 spiro atoms. The molecule has 0 aromatic heterocycles. The quantitative estimate of drug-likeness (QED) is 0.681. The largest absolute Gasteiger partial charge is 0.324 e. The number of benzene rings is 1. The van der Waals surface area contributed by atoms with Gasteiger partial charge in [-0.25, -0.2) is 0 Å². The summed E-state index contributed by atoms with van der Waals surface area (Å²) in [5, 5.41) is 15.3. The fourth-order valence-corrected chi connectivity index (χ4v) is 6.00. The number of nitrogens with zero attached hydrogens (tertiary/aromatic N) is 1. The second kappa shape index (κ2) is 6.53. The highest BCUT2D eigenvalue weighted by Gasteiger charge is 2.23. The number of aryl methyl sites for hydroxylation is 1. The number of non-ortho nitro benzene ring substituents is 1. The Bertz CT molecular complexity index is 504. The number of hydrogen-bond acceptors (Lipinski definition) is 6. The van der Waals surface area contributed by atoms with Crippen LogP contribution in [0, 0.1) is 17.0 Å². The van der Waals surface area contributed by atoms with Crippen molar-refractivity contribution in [3.8, 4) is 0 Å². The van der Waals surface area contributed by atoms with Crippen LogP contribution in [-0.2, 0) is 4.79 Å². The number of carbonyl (C=O) groups excluding carboxylic acids is 1. The van der Waals surface area contributed by atoms with E-state index in [0.29, 0.717) is 11.3 Å². The minimum absolute atomic E-state index is 0.0355. The Morgan fingerprint density at radius 1 is 1.42 bits per heavy atom. The third kappa shape index (κ3) is 3.80. The molecule has 0 aliphatic carbocycles. The average molecular weight is 316 g/mol. The normalized spacial score (nSPS) is 16.1. The number of carbonyl (C=O) groups is 1. The first-order valence-corrected chi connectivity index (χ1v) is 8.70. The van der Waals surface area contributed by atoms with Crippen molar-refractivity contribution in [2.45, 2.75) is 11.5 Å². The van der Waals surface area contributed by atoms with Crippen LogP contribution >= 0.6 is 35.3 Å². The average Bonchev–Trinajstić information content (AvgIpc) is 2.41. The molecule has 2 rings (SSSR count). The van der Waals surface area contributed by atoms with E-state index in [-0.39, 0.29) is 16.2 Å². The molecule has 0 saturated carbocycles. The van der Waals surface area contributed by atoms with Crippen LogP contribution in [0.15, 0.2) is 18.2 Å². The Balaban J connectivity index is 2.06. The molecule has 1 heterocycles. The molecule has 1 aromatic rings. The van der Waals surface area contributed by atoms with E-state index in [4.69, 9.17) is 0 Å². The Morgan fingerprint density at radius 2 is 2.11 bits per heavy atom. The first kappa shape index (κ1) is 14.5. The van der Waals surface area contributed by atoms with Crippen LogP contribution in [0.5, 0.6) is 0 Å². The minimum Gasteiger partial charge on any atom is -0.324 e. The summed E-state index contributed by atoms with van der Waals surface area (Å²) in [6.07, 6.45) is 0. The van der Waals surface area contributed by atoms with Crippen molar-refractivity contribution in [1.29, 1.82) is 0 Å². The molecule has 0 atom stereocenters. The standard InChI is InChI=1S/C11H12N2O3S3/c1-7-4-8(13(15)16)2-3-9(7)12-10(14)11-18-5-17-6-19-11/h2-4,11H,5-6H2,1H3,(H,12,14). The maximum Gasteiger partial charge on any atom is 0.269 e. The van der Waals surface area contributed by atoms with Gasteiger partial charge in [0.15, 0.2) is 0 Å². The second-order valence-electron chi connectivity index (χ2n) is 3.85. The lowest BCUT2D eigenvalue weighted by molar-refractivity contribution is -0.384. The number of anilines is 1. The topological polar surface area (TPSA) is 72.2 Å². The summed E-state index contributed by atoms with van der Waals surface area (Å²) in [5.41, 5.74) is 1.37. The van der Waals surface area contributed by atoms with Gasteiger partial charge in [0.1, 0.15) is 4.58 Å². The zero-order chi connectivity index (χ0) is 13.8. The molecule has 1 N–H and O–H groups in total. The van der Waals surface area contributed by atoms with Crippen LogP contribution < -0.4 is 5.32 Å². The highest BCUT2D eigenvalue weighted by Crippen LogP contribution is 2.36. The SMILES string of the molecule is Cc1cc([N+](=O)[O-])ccc1NC(=O)C1SCSCS1. The second-order valence-corrected chi connectivity index (χ2v) is 8.05. The van der Waals surface area contributed by atoms with E-state index in [1.54, 1.807) is 48.3 Å². The third-order valence-electron chi connectivity index (χ3n) is 2.50. The molecule has 19 heavy (non-hydrogen) atoms. The highest BCUT2D eigenvalue weighted by atomic mass is 32.3. The molecular weight excluding hydrogens is 304 g/mol. The molecule has 0 radical (unpaired) electrons. The van der Waals surface area contributed by atoms with Crippen molar-refractivity contribution < 1.29 is 9.72 Å². The number of hydrogen-bond donors (Lipinski definition) is 1. The lowest BCUT2D eigenvalue weighted by Crippen LogP contribution is -2.24. The Morgan fingerprint density at radius 3 is 2.68 bits per heavy atom. The van der Waals surface area contributed by atoms with Crippen molar-refractivity contribution >= 4 is 52.6 Å². The first-order chi connectivity index (χ1) is 9.08. The van der Waals surface area contributed by atoms with E-state index < -0.39 is 4.92 Å². The summed E-state index contributed by atoms with van der Waals surface area (Å²) in [6, 6.07) is 4.45. The maximum atomic E-state index is 12.0. The molecule has 102 valence electrons. The van der Waals surface area contributed by atoms with Crippen molar-refractivity contribution in [1.82, 2.24) is 0 Å². The summed E-state index contributed by atoms with van der Waals surface area (Å²) < 4.78 is -0.101. The number of amides is 1. The summed E-state index contributed by atoms with van der Waals surface area (Å²) >= 11 is 5.02. The van der Waals surface area contributed by atoms with Crippen LogP contribution in [0.1, 0.15) is 5.56 Å². The Hall–Kier alpha value is -0.860. The van der Waals surface area contributed by atoms with E-state index in [0.717, 1.165) is 10.2 Å². The van der Waals surface area contributed by atoms with Gasteiger partial charge in [-0.15, -0.1) is 35.3 Å². The summed E-state index contributed by atoms with van der Waals surface area (Å²) in [5.74, 6) is -0.0488. The number of rotatable bonds is 3. The number of nitrogens with one attached hydrogen (secondary N) is 1. The van der Waals surface area contributed by atoms with Gasteiger partial charge in [-0.1, -0.05) is 0 Å². The molecule has 1 fully saturated rings. The van der Waals surface area contributed by atoms with Crippen LogP contribution in [-0.4, -0.2) is 25.6 Å². The summed E-state index contributed by atoms with van der Waals surface area (Å²) in [7, 11) is 0. The fraction of sp³-hybridized carbons (Fsp3) is 0.364. The maximum absolute atomic E-state index is 12.0. The number of thioether (sulfide) groups is 3. The summed E-state index contributed by atoms with van der Waals surface area (Å²) in [4.78, 5) is 22.2. The van der Waals surface area contributed by atoms with Crippen LogP contribution in [0.4, 0.5) is 11.4 Å². The molecule has 1 saturated heterocycles. The number of nitro benzene ring substituents is 1. The molecule has 1 aliphatic rings. The van der Waals surface area contributed by atoms with Gasteiger partial charge in [-0.05, 0) is 18.6 Å². The van der Waals surface area contributed by atoms with Gasteiger partial charge in [0.25, 0.3) is 5.69 Å². The predicted octanol–water partition coefficient (Wildman–Crippen LogP) is 3.30. The van der Waals surface area contributed by atoms with Gasteiger partial charge < -0.3 is 5.32 Å². The molecular formula is C11H12N2O3S3. The van der Waals surface area contributed by atoms with Gasteiger partial charge in [-0.2, -0.15) is 0 Å². The van der Waals surface area contributed by atoms with E-state index in [1.807, 2.05) is 0 Å². The number of nitro groups is 1. The van der Waals surface area contributed by atoms with Crippen molar-refractivity contribution in [3.05, 3.63) is 33.9 Å². The van der Waals surface area contributed by atoms with E-state index in [1.165, 1.54) is 12.1 Å². The van der Waals surface area contributed by atoms with E-state index in [9.17, 15) is 14.9 Å². The molecule has 1 amide bonds. The predicted molar refractivity (Wildman–Crippen MR) is 82.8 cm³/mol. The first-order valence-electron chi connectivity index (χ1n) is 5.45. The van der Waals surface area contributed by atoms with Gasteiger partial charge in [0.2, 0.25) is 5.91 Å². The highest BCUT2D eigenvalue weighted by molar-refractivity contribution is 8.33. The van der Waals surface area contributed by atoms with Crippen LogP contribution in [0.3, 0.4) is 0 Å². The molecule has 8 heteroatoms. The zero-order valence-corrected chi connectivity index (χ0v) is 12.6. The van der Waals surface area contributed by atoms with E-state index >= 15 is 0 Å². The zero-order valence-electron chi connectivity index (χ0n) is 10.1. The third-order valence-corrected chi connectivity index (χ3v) is 6.77. The Kier molecular flexibility index (Phi) is 5.00. The van der Waals surface area contributed by atoms with Gasteiger partial charge in [-0.3, -0.25) is 14.9 Å². The molecule has 5 nitrogen and oxygen atoms in total. The van der Waals surface area contributed by atoms with E-state index in [2.05, 4.69) is 5.32 Å². The molecule has 1 aromatic carbocycles. The van der Waals surface area contributed by atoms with Crippen molar-refractivity contribution in [2.75, 3.05) is 15.5 Å². The molecule has 0 bridgehead atoms. The van der Waals surface area contributed by atoms with Gasteiger partial charge in [0, 0.05) is 28.0 Å². The lowest BCUT2D eigenvalue weighted by Gasteiger charge is -2.20. The monoisotopic (exact) mass is 316 g/mol. The molecule has 1 aliphatic heterocycles. The van der Waals surface area contributed by atoms with Gasteiger partial charge in [0.05, 0.1) is 4.92 Å². The van der Waals surface area contributed by atoms with Crippen LogP contribution in [0.2, 0.25) is 0 Å².